The van der Waals surface area contributed by atoms with Crippen LogP contribution in [0.4, 0.5) is 0 Å². The Hall–Kier alpha value is -1.84. The maximum Gasteiger partial charge on any atom is 0.281 e. The van der Waals surface area contributed by atoms with Gasteiger partial charge < -0.3 is 0 Å². The molecule has 0 amide bonds. The Balaban J connectivity index is 1.77. The quantitative estimate of drug-likeness (QED) is 0.893. The van der Waals surface area contributed by atoms with Crippen LogP contribution in [-0.4, -0.2) is 64.4 Å². The molecule has 23 heavy (non-hydrogen) atoms. The standard InChI is InChI=1S/C14H20N6O2S/c1-19(2)23(21,22)20-5-3-4-11(10-20)13-8-16-14(9-15-13)12-6-17-18-7-12/h6-9,11H,3-5,10H2,1-2H3,(H,17,18). The van der Waals surface area contributed by atoms with Crippen molar-refractivity contribution in [3.63, 3.8) is 0 Å². The van der Waals surface area contributed by atoms with E-state index in [1.807, 2.05) is 0 Å². The summed E-state index contributed by atoms with van der Waals surface area (Å²) < 4.78 is 27.3. The molecule has 0 bridgehead atoms. The van der Waals surface area contributed by atoms with Gasteiger partial charge in [-0.15, -0.1) is 0 Å². The molecule has 1 N–H and O–H groups in total. The largest absolute Gasteiger partial charge is 0.285 e. The van der Waals surface area contributed by atoms with Gasteiger partial charge in [0.15, 0.2) is 0 Å². The summed E-state index contributed by atoms with van der Waals surface area (Å²) in [6, 6.07) is 0. The van der Waals surface area contributed by atoms with Gasteiger partial charge in [0, 0.05) is 51.1 Å². The van der Waals surface area contributed by atoms with E-state index in [1.54, 1.807) is 38.9 Å². The zero-order valence-electron chi connectivity index (χ0n) is 13.2. The topological polar surface area (TPSA) is 95.1 Å². The fourth-order valence-corrected chi connectivity index (χ4v) is 3.90. The van der Waals surface area contributed by atoms with Crippen molar-refractivity contribution in [2.24, 2.45) is 0 Å². The van der Waals surface area contributed by atoms with E-state index >= 15 is 0 Å². The SMILES string of the molecule is CN(C)S(=O)(=O)N1CCCC(c2cnc(-c3cn[nH]c3)cn2)C1. The molecular weight excluding hydrogens is 316 g/mol. The predicted octanol–water partition coefficient (Wildman–Crippen LogP) is 0.852. The summed E-state index contributed by atoms with van der Waals surface area (Å²) in [5.74, 6) is 0.0735. The summed E-state index contributed by atoms with van der Waals surface area (Å²) in [6.45, 7) is 0.998. The van der Waals surface area contributed by atoms with E-state index in [2.05, 4.69) is 20.2 Å². The number of rotatable bonds is 4. The lowest BCUT2D eigenvalue weighted by Crippen LogP contribution is -2.45. The first kappa shape index (κ1) is 16.0. The van der Waals surface area contributed by atoms with Crippen LogP contribution in [0.15, 0.2) is 24.8 Å². The van der Waals surface area contributed by atoms with Crippen molar-refractivity contribution in [1.82, 2.24) is 28.8 Å². The Bertz CT molecular complexity index is 742. The van der Waals surface area contributed by atoms with E-state index in [-0.39, 0.29) is 5.92 Å². The lowest BCUT2D eigenvalue weighted by atomic mass is 9.96. The predicted molar refractivity (Wildman–Crippen MR) is 85.8 cm³/mol. The molecule has 1 aliphatic rings. The first-order chi connectivity index (χ1) is 11.0. The molecule has 1 atom stereocenters. The molecule has 0 spiro atoms. The molecule has 1 saturated heterocycles. The Kier molecular flexibility index (Phi) is 4.42. The Morgan fingerprint density at radius 2 is 2.09 bits per heavy atom. The number of aromatic nitrogens is 4. The molecule has 8 nitrogen and oxygen atoms in total. The van der Waals surface area contributed by atoms with Crippen molar-refractivity contribution in [2.45, 2.75) is 18.8 Å². The summed E-state index contributed by atoms with van der Waals surface area (Å²) in [6.07, 6.45) is 8.63. The molecule has 1 fully saturated rings. The van der Waals surface area contributed by atoms with Gasteiger partial charge in [0.2, 0.25) is 0 Å². The molecule has 9 heteroatoms. The van der Waals surface area contributed by atoms with Crippen molar-refractivity contribution >= 4 is 10.2 Å². The zero-order chi connectivity index (χ0) is 16.4. The zero-order valence-corrected chi connectivity index (χ0v) is 14.0. The molecule has 3 rings (SSSR count). The van der Waals surface area contributed by atoms with Crippen LogP contribution in [0, 0.1) is 0 Å². The van der Waals surface area contributed by atoms with Crippen LogP contribution in [-0.2, 0) is 10.2 Å². The van der Waals surface area contributed by atoms with Gasteiger partial charge in [-0.05, 0) is 12.8 Å². The van der Waals surface area contributed by atoms with Gasteiger partial charge in [-0.3, -0.25) is 15.1 Å². The molecule has 2 aromatic rings. The fraction of sp³-hybridized carbons (Fsp3) is 0.500. The summed E-state index contributed by atoms with van der Waals surface area (Å²) in [7, 11) is -0.270. The minimum atomic E-state index is -3.38. The van der Waals surface area contributed by atoms with Gasteiger partial charge in [0.1, 0.15) is 0 Å². The van der Waals surface area contributed by atoms with Crippen LogP contribution in [0.1, 0.15) is 24.5 Å². The van der Waals surface area contributed by atoms with Crippen LogP contribution in [0.25, 0.3) is 11.3 Å². The molecule has 0 radical (unpaired) electrons. The first-order valence-electron chi connectivity index (χ1n) is 7.47. The molecule has 3 heterocycles. The molecule has 1 unspecified atom stereocenters. The number of nitrogens with zero attached hydrogens (tertiary/aromatic N) is 5. The minimum absolute atomic E-state index is 0.0735. The van der Waals surface area contributed by atoms with E-state index in [0.717, 1.165) is 29.8 Å². The second-order valence-electron chi connectivity index (χ2n) is 5.80. The summed E-state index contributed by atoms with van der Waals surface area (Å²) in [4.78, 5) is 8.90. The third-order valence-electron chi connectivity index (χ3n) is 4.06. The van der Waals surface area contributed by atoms with Gasteiger partial charge in [-0.25, -0.2) is 0 Å². The molecule has 2 aromatic heterocycles. The van der Waals surface area contributed by atoms with Gasteiger partial charge >= 0.3 is 0 Å². The summed E-state index contributed by atoms with van der Waals surface area (Å²) >= 11 is 0. The number of hydrogen-bond acceptors (Lipinski definition) is 5. The van der Waals surface area contributed by atoms with Crippen LogP contribution in [0.3, 0.4) is 0 Å². The minimum Gasteiger partial charge on any atom is -0.285 e. The van der Waals surface area contributed by atoms with E-state index in [1.165, 1.54) is 8.61 Å². The van der Waals surface area contributed by atoms with Gasteiger partial charge in [0.05, 0.1) is 23.8 Å². The molecule has 0 aliphatic carbocycles. The second kappa shape index (κ2) is 6.34. The number of H-pyrrole nitrogens is 1. The first-order valence-corrected chi connectivity index (χ1v) is 8.87. The monoisotopic (exact) mass is 336 g/mol. The van der Waals surface area contributed by atoms with Gasteiger partial charge in [0.25, 0.3) is 10.2 Å². The normalized spacial score (nSPS) is 20.0. The third-order valence-corrected chi connectivity index (χ3v) is 5.96. The maximum absolute atomic E-state index is 12.3. The third kappa shape index (κ3) is 3.26. The summed E-state index contributed by atoms with van der Waals surface area (Å²) in [5, 5.41) is 6.64. The Morgan fingerprint density at radius 1 is 1.26 bits per heavy atom. The smallest absolute Gasteiger partial charge is 0.281 e. The molecule has 1 aliphatic heterocycles. The molecule has 124 valence electrons. The lowest BCUT2D eigenvalue weighted by Gasteiger charge is -2.33. The Morgan fingerprint density at radius 3 is 2.70 bits per heavy atom. The average molecular weight is 336 g/mol. The van der Waals surface area contributed by atoms with E-state index in [4.69, 9.17) is 0 Å². The van der Waals surface area contributed by atoms with Crippen LogP contribution in [0.5, 0.6) is 0 Å². The maximum atomic E-state index is 12.3. The fourth-order valence-electron chi connectivity index (χ4n) is 2.71. The van der Waals surface area contributed by atoms with Crippen LogP contribution in [0.2, 0.25) is 0 Å². The highest BCUT2D eigenvalue weighted by molar-refractivity contribution is 7.86. The van der Waals surface area contributed by atoms with Gasteiger partial charge in [-0.2, -0.15) is 22.1 Å². The van der Waals surface area contributed by atoms with Crippen molar-refractivity contribution < 1.29 is 8.42 Å². The summed E-state index contributed by atoms with van der Waals surface area (Å²) in [5.41, 5.74) is 2.46. The molecule has 0 saturated carbocycles. The van der Waals surface area contributed by atoms with E-state index in [0.29, 0.717) is 13.1 Å². The van der Waals surface area contributed by atoms with Crippen molar-refractivity contribution in [1.29, 1.82) is 0 Å². The van der Waals surface area contributed by atoms with Gasteiger partial charge in [-0.1, -0.05) is 0 Å². The number of aromatic amines is 1. The van der Waals surface area contributed by atoms with Crippen LogP contribution >= 0.6 is 0 Å². The average Bonchev–Trinajstić information content (AvgIpc) is 3.09. The lowest BCUT2D eigenvalue weighted by molar-refractivity contribution is 0.296. The molecule has 0 aromatic carbocycles. The van der Waals surface area contributed by atoms with Crippen molar-refractivity contribution in [2.75, 3.05) is 27.2 Å². The van der Waals surface area contributed by atoms with Crippen molar-refractivity contribution in [3.05, 3.63) is 30.5 Å². The highest BCUT2D eigenvalue weighted by Crippen LogP contribution is 2.27. The van der Waals surface area contributed by atoms with Crippen molar-refractivity contribution in [3.8, 4) is 11.3 Å². The van der Waals surface area contributed by atoms with E-state index < -0.39 is 10.2 Å². The second-order valence-corrected chi connectivity index (χ2v) is 7.94. The molecular formula is C14H20N6O2S. The number of hydrogen-bond donors (Lipinski definition) is 1. The number of nitrogens with one attached hydrogen (secondary N) is 1. The highest BCUT2D eigenvalue weighted by atomic mass is 32.2. The highest BCUT2D eigenvalue weighted by Gasteiger charge is 2.31. The Labute approximate surface area is 135 Å². The van der Waals surface area contributed by atoms with E-state index in [9.17, 15) is 8.42 Å². The van der Waals surface area contributed by atoms with Crippen LogP contribution < -0.4 is 0 Å². The number of piperidine rings is 1.